The number of aliphatic imine (C=N–C) groups is 1. The van der Waals surface area contributed by atoms with Crippen molar-refractivity contribution in [3.05, 3.63) is 36.3 Å². The van der Waals surface area contributed by atoms with E-state index in [2.05, 4.69) is 21.7 Å². The third-order valence-electron chi connectivity index (χ3n) is 2.04. The first-order valence-corrected chi connectivity index (χ1v) is 5.55. The molecule has 0 aliphatic carbocycles. The number of hydrogen-bond acceptors (Lipinski definition) is 5. The maximum absolute atomic E-state index is 5.32. The molecule has 5 nitrogen and oxygen atoms in total. The number of ether oxygens (including phenoxy) is 2. The molecule has 0 spiro atoms. The van der Waals surface area contributed by atoms with Crippen LogP contribution in [0.25, 0.3) is 5.70 Å². The predicted octanol–water partition coefficient (Wildman–Crippen LogP) is 2.12. The second kappa shape index (κ2) is 8.14. The van der Waals surface area contributed by atoms with Gasteiger partial charge in [0, 0.05) is 7.11 Å². The molecule has 96 valence electrons. The molecule has 1 aromatic heterocycles. The third kappa shape index (κ3) is 4.47. The minimum atomic E-state index is 0.450. The Morgan fingerprint density at radius 2 is 2.22 bits per heavy atom. The number of rotatable bonds is 7. The molecule has 0 unspecified atom stereocenters. The van der Waals surface area contributed by atoms with Gasteiger partial charge >= 0.3 is 0 Å². The topological polar surface area (TPSA) is 56.6 Å². The smallest absolute Gasteiger partial charge is 0.232 e. The van der Waals surface area contributed by atoms with E-state index in [9.17, 15) is 0 Å². The van der Waals surface area contributed by atoms with Gasteiger partial charge in [-0.25, -0.2) is 9.97 Å². The standard InChI is InChI=1S/C13H17N3O2/c1-4-5-6-11(14-2)12-9-16-13(10-15-12)18-8-7-17-3/h4-6,9-10H,2,7-8H2,1,3H3/b5-4-,11-6-. The summed E-state index contributed by atoms with van der Waals surface area (Å²) < 4.78 is 10.2. The van der Waals surface area contributed by atoms with Crippen molar-refractivity contribution in [2.75, 3.05) is 20.3 Å². The van der Waals surface area contributed by atoms with E-state index in [1.54, 1.807) is 19.5 Å². The SMILES string of the molecule is C=N/C(=C\C=C/C)c1cnc(OCCOC)cn1. The van der Waals surface area contributed by atoms with E-state index in [-0.39, 0.29) is 0 Å². The minimum absolute atomic E-state index is 0.450. The van der Waals surface area contributed by atoms with E-state index in [0.29, 0.717) is 30.5 Å². The van der Waals surface area contributed by atoms with Gasteiger partial charge < -0.3 is 9.47 Å². The fraction of sp³-hybridized carbons (Fsp3) is 0.308. The molecule has 0 atom stereocenters. The molecule has 0 N–H and O–H groups in total. The van der Waals surface area contributed by atoms with Crippen LogP contribution in [0.5, 0.6) is 5.88 Å². The lowest BCUT2D eigenvalue weighted by Gasteiger charge is -2.04. The minimum Gasteiger partial charge on any atom is -0.474 e. The summed E-state index contributed by atoms with van der Waals surface area (Å²) in [7, 11) is 1.62. The molecule has 0 aliphatic rings. The van der Waals surface area contributed by atoms with E-state index in [0.717, 1.165) is 0 Å². The first kappa shape index (κ1) is 14.1. The number of aromatic nitrogens is 2. The monoisotopic (exact) mass is 247 g/mol. The van der Waals surface area contributed by atoms with Crippen LogP contribution in [0.3, 0.4) is 0 Å². The zero-order valence-electron chi connectivity index (χ0n) is 10.7. The van der Waals surface area contributed by atoms with Crippen LogP contribution in [-0.4, -0.2) is 37.0 Å². The van der Waals surface area contributed by atoms with E-state index >= 15 is 0 Å². The Bertz CT molecular complexity index is 424. The normalized spacial score (nSPS) is 11.8. The summed E-state index contributed by atoms with van der Waals surface area (Å²) in [4.78, 5) is 12.2. The molecule has 1 heterocycles. The van der Waals surface area contributed by atoms with Crippen LogP contribution >= 0.6 is 0 Å². The lowest BCUT2D eigenvalue weighted by Crippen LogP contribution is -2.05. The van der Waals surface area contributed by atoms with E-state index in [1.165, 1.54) is 0 Å². The number of methoxy groups -OCH3 is 1. The Kier molecular flexibility index (Phi) is 6.35. The van der Waals surface area contributed by atoms with Gasteiger partial charge in [-0.15, -0.1) is 0 Å². The van der Waals surface area contributed by atoms with Gasteiger partial charge in [0.2, 0.25) is 5.88 Å². The summed E-state index contributed by atoms with van der Waals surface area (Å²) >= 11 is 0. The van der Waals surface area contributed by atoms with Crippen LogP contribution in [0.1, 0.15) is 12.6 Å². The van der Waals surface area contributed by atoms with Crippen LogP contribution in [-0.2, 0) is 4.74 Å². The molecule has 0 aromatic carbocycles. The molecule has 0 fully saturated rings. The highest BCUT2D eigenvalue weighted by atomic mass is 16.5. The van der Waals surface area contributed by atoms with Gasteiger partial charge in [0.15, 0.2) is 0 Å². The molecule has 1 aromatic rings. The summed E-state index contributed by atoms with van der Waals surface area (Å²) in [6, 6.07) is 0. The van der Waals surface area contributed by atoms with Crippen molar-refractivity contribution in [2.24, 2.45) is 4.99 Å². The van der Waals surface area contributed by atoms with Gasteiger partial charge in [-0.05, 0) is 19.7 Å². The maximum Gasteiger partial charge on any atom is 0.232 e. The molecule has 1 rings (SSSR count). The molecule has 0 bridgehead atoms. The molecule has 0 radical (unpaired) electrons. The number of nitrogens with zero attached hydrogens (tertiary/aromatic N) is 3. The van der Waals surface area contributed by atoms with Crippen molar-refractivity contribution in [3.63, 3.8) is 0 Å². The fourth-order valence-electron chi connectivity index (χ4n) is 1.16. The summed E-state index contributed by atoms with van der Waals surface area (Å²) in [6.45, 7) is 6.40. The molecular formula is C13H17N3O2. The van der Waals surface area contributed by atoms with Crippen LogP contribution in [0, 0.1) is 0 Å². The Labute approximate surface area is 107 Å². The van der Waals surface area contributed by atoms with Crippen molar-refractivity contribution in [3.8, 4) is 5.88 Å². The molecule has 0 aliphatic heterocycles. The Morgan fingerprint density at radius 3 is 2.78 bits per heavy atom. The van der Waals surface area contributed by atoms with Crippen LogP contribution in [0.15, 0.2) is 35.6 Å². The molecule has 0 amide bonds. The lowest BCUT2D eigenvalue weighted by atomic mass is 10.3. The quantitative estimate of drug-likeness (QED) is 0.420. The largest absolute Gasteiger partial charge is 0.474 e. The predicted molar refractivity (Wildman–Crippen MR) is 71.7 cm³/mol. The van der Waals surface area contributed by atoms with Crippen LogP contribution < -0.4 is 4.74 Å². The zero-order chi connectivity index (χ0) is 13.2. The highest BCUT2D eigenvalue weighted by Gasteiger charge is 2.02. The number of allylic oxidation sites excluding steroid dienone is 3. The third-order valence-corrected chi connectivity index (χ3v) is 2.04. The number of hydrogen-bond donors (Lipinski definition) is 0. The average molecular weight is 247 g/mol. The van der Waals surface area contributed by atoms with Crippen molar-refractivity contribution in [1.29, 1.82) is 0 Å². The van der Waals surface area contributed by atoms with E-state index in [1.807, 2.05) is 25.2 Å². The summed E-state index contributed by atoms with van der Waals surface area (Å²) in [5.74, 6) is 0.463. The summed E-state index contributed by atoms with van der Waals surface area (Å²) in [5.41, 5.74) is 1.33. The second-order valence-electron chi connectivity index (χ2n) is 3.32. The van der Waals surface area contributed by atoms with Gasteiger partial charge in [0.05, 0.1) is 24.7 Å². The lowest BCUT2D eigenvalue weighted by molar-refractivity contribution is 0.143. The van der Waals surface area contributed by atoms with Crippen molar-refractivity contribution >= 4 is 12.4 Å². The first-order valence-electron chi connectivity index (χ1n) is 5.55. The molecule has 18 heavy (non-hydrogen) atoms. The van der Waals surface area contributed by atoms with Crippen molar-refractivity contribution < 1.29 is 9.47 Å². The molecule has 0 saturated carbocycles. The zero-order valence-corrected chi connectivity index (χ0v) is 10.7. The Morgan fingerprint density at radius 1 is 1.39 bits per heavy atom. The van der Waals surface area contributed by atoms with Gasteiger partial charge in [-0.3, -0.25) is 4.99 Å². The highest BCUT2D eigenvalue weighted by molar-refractivity contribution is 5.66. The maximum atomic E-state index is 5.32. The van der Waals surface area contributed by atoms with Gasteiger partial charge in [0.25, 0.3) is 0 Å². The average Bonchev–Trinajstić information content (AvgIpc) is 2.41. The molecule has 0 saturated heterocycles. The second-order valence-corrected chi connectivity index (χ2v) is 3.32. The van der Waals surface area contributed by atoms with Gasteiger partial charge in [-0.2, -0.15) is 0 Å². The van der Waals surface area contributed by atoms with E-state index < -0.39 is 0 Å². The van der Waals surface area contributed by atoms with Crippen LogP contribution in [0.2, 0.25) is 0 Å². The Hall–Kier alpha value is -2.01. The van der Waals surface area contributed by atoms with Crippen molar-refractivity contribution in [1.82, 2.24) is 9.97 Å². The van der Waals surface area contributed by atoms with Crippen LogP contribution in [0.4, 0.5) is 0 Å². The molecule has 5 heteroatoms. The fourth-order valence-corrected chi connectivity index (χ4v) is 1.16. The van der Waals surface area contributed by atoms with Gasteiger partial charge in [0.1, 0.15) is 12.3 Å². The Balaban J connectivity index is 2.71. The van der Waals surface area contributed by atoms with Crippen molar-refractivity contribution in [2.45, 2.75) is 6.92 Å². The highest BCUT2D eigenvalue weighted by Crippen LogP contribution is 2.13. The van der Waals surface area contributed by atoms with E-state index in [4.69, 9.17) is 9.47 Å². The first-order chi connectivity index (χ1) is 8.81. The summed E-state index contributed by atoms with van der Waals surface area (Å²) in [5, 5.41) is 0. The molecular weight excluding hydrogens is 230 g/mol. The van der Waals surface area contributed by atoms with Gasteiger partial charge in [-0.1, -0.05) is 12.2 Å². The summed E-state index contributed by atoms with van der Waals surface area (Å²) in [6.07, 6.45) is 8.75.